The second-order valence-electron chi connectivity index (χ2n) is 5.59. The van der Waals surface area contributed by atoms with Gasteiger partial charge in [-0.2, -0.15) is 0 Å². The molecule has 102 valence electrons. The Morgan fingerprint density at radius 2 is 2.26 bits per heavy atom. The van der Waals surface area contributed by atoms with Crippen LogP contribution < -0.4 is 10.1 Å². The van der Waals surface area contributed by atoms with Crippen LogP contribution in [0.4, 0.5) is 0 Å². The Hall–Kier alpha value is -1.22. The molecule has 3 nitrogen and oxygen atoms in total. The van der Waals surface area contributed by atoms with Crippen LogP contribution in [0.3, 0.4) is 0 Å². The van der Waals surface area contributed by atoms with Crippen molar-refractivity contribution in [2.75, 3.05) is 6.61 Å². The SMILES string of the molecule is O=C(COc1cccc(Cl)c1)N[C@H]1C[C@H]2CC[C@H]1C2. The van der Waals surface area contributed by atoms with Crippen molar-refractivity contribution in [3.8, 4) is 5.75 Å². The van der Waals surface area contributed by atoms with E-state index in [1.165, 1.54) is 19.3 Å². The molecule has 3 rings (SSSR count). The summed E-state index contributed by atoms with van der Waals surface area (Å²) < 4.78 is 5.44. The number of rotatable bonds is 4. The molecule has 0 radical (unpaired) electrons. The van der Waals surface area contributed by atoms with Gasteiger partial charge in [-0.25, -0.2) is 0 Å². The van der Waals surface area contributed by atoms with Crippen LogP contribution in [0, 0.1) is 11.8 Å². The average molecular weight is 280 g/mol. The van der Waals surface area contributed by atoms with Gasteiger partial charge in [0.05, 0.1) is 0 Å². The van der Waals surface area contributed by atoms with Gasteiger partial charge in [-0.15, -0.1) is 0 Å². The number of hydrogen-bond acceptors (Lipinski definition) is 2. The van der Waals surface area contributed by atoms with Gasteiger partial charge in [0.2, 0.25) is 0 Å². The molecule has 0 saturated heterocycles. The molecule has 2 saturated carbocycles. The van der Waals surface area contributed by atoms with Crippen LogP contribution in [0.5, 0.6) is 5.75 Å². The van der Waals surface area contributed by atoms with E-state index in [-0.39, 0.29) is 12.5 Å². The highest BCUT2D eigenvalue weighted by Gasteiger charge is 2.40. The van der Waals surface area contributed by atoms with Crippen LogP contribution in [0.25, 0.3) is 0 Å². The quantitative estimate of drug-likeness (QED) is 0.920. The van der Waals surface area contributed by atoms with Crippen LogP contribution in [0.1, 0.15) is 25.7 Å². The van der Waals surface area contributed by atoms with Crippen LogP contribution in [0.15, 0.2) is 24.3 Å². The first-order valence-corrected chi connectivity index (χ1v) is 7.26. The van der Waals surface area contributed by atoms with E-state index in [1.807, 2.05) is 6.07 Å². The molecule has 1 aromatic rings. The normalized spacial score (nSPS) is 28.4. The lowest BCUT2D eigenvalue weighted by molar-refractivity contribution is -0.124. The number of nitrogens with one attached hydrogen (secondary N) is 1. The predicted molar refractivity (Wildman–Crippen MR) is 74.3 cm³/mol. The number of hydrogen-bond donors (Lipinski definition) is 1. The molecule has 2 bridgehead atoms. The first kappa shape index (κ1) is 12.8. The number of halogens is 1. The fourth-order valence-corrected chi connectivity index (χ4v) is 3.56. The molecule has 2 aliphatic rings. The largest absolute Gasteiger partial charge is 0.484 e. The zero-order chi connectivity index (χ0) is 13.2. The highest BCUT2D eigenvalue weighted by atomic mass is 35.5. The molecule has 0 aromatic heterocycles. The fraction of sp³-hybridized carbons (Fsp3) is 0.533. The highest BCUT2D eigenvalue weighted by Crippen LogP contribution is 2.44. The van der Waals surface area contributed by atoms with Gasteiger partial charge < -0.3 is 10.1 Å². The summed E-state index contributed by atoms with van der Waals surface area (Å²) in [6, 6.07) is 7.48. The third-order valence-corrected chi connectivity index (χ3v) is 4.49. The maximum absolute atomic E-state index is 11.9. The van der Waals surface area contributed by atoms with Crippen molar-refractivity contribution in [2.45, 2.75) is 31.7 Å². The predicted octanol–water partition coefficient (Wildman–Crippen LogP) is 3.02. The molecule has 1 aromatic carbocycles. The molecule has 19 heavy (non-hydrogen) atoms. The van der Waals surface area contributed by atoms with Gasteiger partial charge in [-0.1, -0.05) is 24.1 Å². The number of benzene rings is 1. The van der Waals surface area contributed by atoms with E-state index in [4.69, 9.17) is 16.3 Å². The van der Waals surface area contributed by atoms with E-state index in [0.717, 1.165) is 12.3 Å². The molecule has 2 fully saturated rings. The highest BCUT2D eigenvalue weighted by molar-refractivity contribution is 6.30. The molecule has 0 unspecified atom stereocenters. The zero-order valence-corrected chi connectivity index (χ0v) is 11.5. The lowest BCUT2D eigenvalue weighted by Gasteiger charge is -2.22. The van der Waals surface area contributed by atoms with Crippen LogP contribution in [-0.2, 0) is 4.79 Å². The second kappa shape index (κ2) is 5.41. The summed E-state index contributed by atoms with van der Waals surface area (Å²) >= 11 is 5.86. The number of amides is 1. The smallest absolute Gasteiger partial charge is 0.258 e. The monoisotopic (exact) mass is 279 g/mol. The third kappa shape index (κ3) is 3.03. The Morgan fingerprint density at radius 3 is 2.95 bits per heavy atom. The van der Waals surface area contributed by atoms with Crippen LogP contribution in [0.2, 0.25) is 5.02 Å². The molecular weight excluding hydrogens is 262 g/mol. The van der Waals surface area contributed by atoms with Crippen molar-refractivity contribution >= 4 is 17.5 Å². The molecule has 0 heterocycles. The van der Waals surface area contributed by atoms with E-state index >= 15 is 0 Å². The Morgan fingerprint density at radius 1 is 1.37 bits per heavy atom. The Kier molecular flexibility index (Phi) is 3.65. The molecule has 1 amide bonds. The van der Waals surface area contributed by atoms with E-state index in [1.54, 1.807) is 18.2 Å². The van der Waals surface area contributed by atoms with Crippen molar-refractivity contribution < 1.29 is 9.53 Å². The van der Waals surface area contributed by atoms with Crippen LogP contribution >= 0.6 is 11.6 Å². The van der Waals surface area contributed by atoms with Crippen molar-refractivity contribution in [1.29, 1.82) is 0 Å². The van der Waals surface area contributed by atoms with Crippen molar-refractivity contribution in [3.63, 3.8) is 0 Å². The molecule has 0 spiro atoms. The lowest BCUT2D eigenvalue weighted by Crippen LogP contribution is -2.40. The first-order chi connectivity index (χ1) is 9.20. The summed E-state index contributed by atoms with van der Waals surface area (Å²) in [4.78, 5) is 11.9. The van der Waals surface area contributed by atoms with Crippen LogP contribution in [-0.4, -0.2) is 18.6 Å². The van der Waals surface area contributed by atoms with Gasteiger partial charge in [0, 0.05) is 11.1 Å². The number of carbonyl (C=O) groups is 1. The first-order valence-electron chi connectivity index (χ1n) is 6.88. The maximum atomic E-state index is 11.9. The van der Waals surface area contributed by atoms with Crippen molar-refractivity contribution in [1.82, 2.24) is 5.32 Å². The summed E-state index contributed by atoms with van der Waals surface area (Å²) in [7, 11) is 0. The minimum absolute atomic E-state index is 0.0301. The number of fused-ring (bicyclic) bond motifs is 2. The molecule has 3 atom stereocenters. The lowest BCUT2D eigenvalue weighted by atomic mass is 9.95. The Labute approximate surface area is 118 Å². The van der Waals surface area contributed by atoms with Gasteiger partial charge in [-0.05, 0) is 49.3 Å². The summed E-state index contributed by atoms with van der Waals surface area (Å²) in [6.07, 6.45) is 5.05. The summed E-state index contributed by atoms with van der Waals surface area (Å²) in [5.41, 5.74) is 0. The van der Waals surface area contributed by atoms with Gasteiger partial charge >= 0.3 is 0 Å². The van der Waals surface area contributed by atoms with Gasteiger partial charge in [0.1, 0.15) is 5.75 Å². The molecular formula is C15H18ClNO2. The average Bonchev–Trinajstić information content (AvgIpc) is 2.99. The Bertz CT molecular complexity index is 477. The summed E-state index contributed by atoms with van der Waals surface area (Å²) in [5.74, 6) is 2.14. The second-order valence-corrected chi connectivity index (χ2v) is 6.03. The Balaban J connectivity index is 1.47. The van der Waals surface area contributed by atoms with Gasteiger partial charge in [0.15, 0.2) is 6.61 Å². The van der Waals surface area contributed by atoms with E-state index < -0.39 is 0 Å². The van der Waals surface area contributed by atoms with E-state index in [2.05, 4.69) is 5.32 Å². The summed E-state index contributed by atoms with van der Waals surface area (Å²) in [6.45, 7) is 0.0637. The maximum Gasteiger partial charge on any atom is 0.258 e. The fourth-order valence-electron chi connectivity index (χ4n) is 3.38. The molecule has 4 heteroatoms. The standard InChI is InChI=1S/C15H18ClNO2/c16-12-2-1-3-13(8-12)19-9-15(18)17-14-7-10-4-5-11(14)6-10/h1-3,8,10-11,14H,4-7,9H2,(H,17,18)/t10-,11-,14-/m0/s1. The minimum atomic E-state index is -0.0301. The van der Waals surface area contributed by atoms with E-state index in [9.17, 15) is 4.79 Å². The van der Waals surface area contributed by atoms with Crippen molar-refractivity contribution in [3.05, 3.63) is 29.3 Å². The number of ether oxygens (including phenoxy) is 1. The molecule has 0 aliphatic heterocycles. The van der Waals surface area contributed by atoms with Gasteiger partial charge in [-0.3, -0.25) is 4.79 Å². The van der Waals surface area contributed by atoms with Gasteiger partial charge in [0.25, 0.3) is 5.91 Å². The third-order valence-electron chi connectivity index (χ3n) is 4.25. The summed E-state index contributed by atoms with van der Waals surface area (Å²) in [5, 5.41) is 3.71. The molecule has 2 aliphatic carbocycles. The molecule has 1 N–H and O–H groups in total. The minimum Gasteiger partial charge on any atom is -0.484 e. The van der Waals surface area contributed by atoms with Crippen molar-refractivity contribution in [2.24, 2.45) is 11.8 Å². The van der Waals surface area contributed by atoms with E-state index in [0.29, 0.717) is 22.7 Å². The topological polar surface area (TPSA) is 38.3 Å². The zero-order valence-electron chi connectivity index (χ0n) is 10.8. The number of carbonyl (C=O) groups excluding carboxylic acids is 1.